The summed E-state index contributed by atoms with van der Waals surface area (Å²) in [6, 6.07) is 12.9. The van der Waals surface area contributed by atoms with Gasteiger partial charge in [-0.3, -0.25) is 5.32 Å². The summed E-state index contributed by atoms with van der Waals surface area (Å²) in [7, 11) is -13.4. The number of halogens is 6. The summed E-state index contributed by atoms with van der Waals surface area (Å²) in [6.07, 6.45) is 9.51. The summed E-state index contributed by atoms with van der Waals surface area (Å²) in [5.41, 5.74) is -9.94. The van der Waals surface area contributed by atoms with E-state index in [0.717, 1.165) is 49.2 Å². The molecule has 1 amide bonds. The second-order valence-electron chi connectivity index (χ2n) is 8.48. The van der Waals surface area contributed by atoms with Crippen LogP contribution in [-0.4, -0.2) is 46.6 Å². The molecule has 0 aliphatic rings. The van der Waals surface area contributed by atoms with E-state index < -0.39 is 37.2 Å². The van der Waals surface area contributed by atoms with Crippen LogP contribution in [0.25, 0.3) is 4.13 Å². The van der Waals surface area contributed by atoms with E-state index in [0.29, 0.717) is 18.0 Å². The third kappa shape index (κ3) is 13.5. The number of carbonyl (C=O) groups is 1. The van der Waals surface area contributed by atoms with Crippen molar-refractivity contribution >= 4 is 43.6 Å². The molecule has 0 spiro atoms. The minimum absolute atomic E-state index is 0.402. The Kier molecular flexibility index (Phi) is 14.8. The third-order valence-corrected chi connectivity index (χ3v) is 7.88. The first kappa shape index (κ1) is 37.5. The SMILES string of the molecule is CCCc1cccc[n+]1CCCCCCOC(=O)Nc1ccc(N=C=O)cc1.O=S(=O)([N-]S(=O)(=O)C(F)(F)F)C(F)(F)F. The van der Waals surface area contributed by atoms with Gasteiger partial charge in [-0.1, -0.05) is 13.0 Å². The van der Waals surface area contributed by atoms with Crippen molar-refractivity contribution in [1.29, 1.82) is 0 Å². The number of amides is 1. The molecule has 2 aromatic rings. The molecule has 0 fully saturated rings. The second-order valence-corrected chi connectivity index (χ2v) is 11.9. The van der Waals surface area contributed by atoms with Crippen LogP contribution < -0.4 is 9.88 Å². The van der Waals surface area contributed by atoms with Crippen molar-refractivity contribution in [2.75, 3.05) is 11.9 Å². The van der Waals surface area contributed by atoms with Crippen LogP contribution in [0.15, 0.2) is 53.7 Å². The Morgan fingerprint density at radius 3 is 2.05 bits per heavy atom. The minimum Gasteiger partial charge on any atom is -0.449 e. The Labute approximate surface area is 244 Å². The van der Waals surface area contributed by atoms with Crippen molar-refractivity contribution in [3.63, 3.8) is 0 Å². The first-order valence-electron chi connectivity index (χ1n) is 12.4. The van der Waals surface area contributed by atoms with E-state index >= 15 is 0 Å². The van der Waals surface area contributed by atoms with Gasteiger partial charge in [0.15, 0.2) is 31.9 Å². The first-order valence-corrected chi connectivity index (χ1v) is 15.3. The fourth-order valence-corrected chi connectivity index (χ4v) is 4.86. The van der Waals surface area contributed by atoms with Crippen molar-refractivity contribution in [3.8, 4) is 0 Å². The van der Waals surface area contributed by atoms with Crippen LogP contribution in [0.2, 0.25) is 0 Å². The molecule has 2 rings (SSSR count). The maximum atomic E-state index is 11.8. The van der Waals surface area contributed by atoms with Gasteiger partial charge in [-0.2, -0.15) is 31.3 Å². The number of rotatable bonds is 13. The predicted molar refractivity (Wildman–Crippen MR) is 142 cm³/mol. The lowest BCUT2D eigenvalue weighted by Gasteiger charge is -2.22. The van der Waals surface area contributed by atoms with Gasteiger partial charge in [0.25, 0.3) is 0 Å². The molecule has 0 aliphatic carbocycles. The molecule has 0 unspecified atom stereocenters. The van der Waals surface area contributed by atoms with Crippen molar-refractivity contribution in [2.24, 2.45) is 4.99 Å². The number of sulfonamides is 2. The monoisotopic (exact) mass is 662 g/mol. The number of hydrogen-bond donors (Lipinski definition) is 1. The third-order valence-electron chi connectivity index (χ3n) is 5.14. The Morgan fingerprint density at radius 1 is 0.930 bits per heavy atom. The molecule has 19 heteroatoms. The highest BCUT2D eigenvalue weighted by molar-refractivity contribution is 8.13. The summed E-state index contributed by atoms with van der Waals surface area (Å²) in [4.78, 5) is 25.4. The number of anilines is 1. The number of alkyl halides is 6. The number of isocyanates is 1. The molecular weight excluding hydrogens is 634 g/mol. The van der Waals surface area contributed by atoms with Gasteiger partial charge in [-0.15, -0.1) is 0 Å². The van der Waals surface area contributed by atoms with Gasteiger partial charge < -0.3 is 8.86 Å². The molecule has 0 saturated carbocycles. The number of aromatic nitrogens is 1. The summed E-state index contributed by atoms with van der Waals surface area (Å²) in [6.45, 7) is 3.63. The zero-order chi connectivity index (χ0) is 32.7. The molecular formula is C24H28F6N4O7S2. The van der Waals surface area contributed by atoms with E-state index in [-0.39, 0.29) is 0 Å². The van der Waals surface area contributed by atoms with E-state index in [1.807, 2.05) is 0 Å². The normalized spacial score (nSPS) is 12.0. The summed E-state index contributed by atoms with van der Waals surface area (Å²) >= 11 is 0. The fraction of sp³-hybridized carbons (Fsp3) is 0.458. The molecule has 0 atom stereocenters. The molecule has 43 heavy (non-hydrogen) atoms. The molecule has 0 aliphatic heterocycles. The standard InChI is InChI=1S/C22H27N3O3.C2F6NO4S2/c1-2-9-21-10-5-7-16-25(21)15-6-3-4-8-17-28-22(27)24-20-13-11-19(12-14-20)23-18-26;3-1(4,5)14(10,11)9-15(12,13)2(6,7)8/h5,7,10-14,16H,2-4,6,8-9,15,17H2,1H3;/q;-1/p+1. The van der Waals surface area contributed by atoms with Gasteiger partial charge in [0.05, 0.1) is 12.3 Å². The van der Waals surface area contributed by atoms with Gasteiger partial charge in [0, 0.05) is 30.7 Å². The molecule has 1 heterocycles. The quantitative estimate of drug-likeness (QED) is 0.0940. The summed E-state index contributed by atoms with van der Waals surface area (Å²) < 4.78 is 117. The van der Waals surface area contributed by atoms with Crippen molar-refractivity contribution in [2.45, 2.75) is 63.0 Å². The lowest BCUT2D eigenvalue weighted by atomic mass is 10.2. The maximum Gasteiger partial charge on any atom is 0.480 e. The molecule has 11 nitrogen and oxygen atoms in total. The van der Waals surface area contributed by atoms with E-state index in [1.165, 1.54) is 11.8 Å². The fourth-order valence-electron chi connectivity index (χ4n) is 3.16. The van der Waals surface area contributed by atoms with Gasteiger partial charge in [-0.25, -0.2) is 31.0 Å². The molecule has 240 valence electrons. The van der Waals surface area contributed by atoms with Crippen LogP contribution >= 0.6 is 0 Å². The Morgan fingerprint density at radius 2 is 1.51 bits per heavy atom. The Bertz CT molecular complexity index is 1400. The Balaban J connectivity index is 0.000000523. The lowest BCUT2D eigenvalue weighted by Crippen LogP contribution is -2.37. The van der Waals surface area contributed by atoms with Crippen LogP contribution in [0.4, 0.5) is 42.5 Å². The highest BCUT2D eigenvalue weighted by atomic mass is 32.3. The number of ether oxygens (including phenoxy) is 1. The second kappa shape index (κ2) is 16.9. The summed E-state index contributed by atoms with van der Waals surface area (Å²) in [5.74, 6) is 0. The van der Waals surface area contributed by atoms with E-state index in [2.05, 4.69) is 46.2 Å². The first-order chi connectivity index (χ1) is 19.9. The zero-order valence-electron chi connectivity index (χ0n) is 22.6. The molecule has 1 N–H and O–H groups in total. The van der Waals surface area contributed by atoms with Gasteiger partial charge >= 0.3 is 17.1 Å². The molecule has 0 saturated heterocycles. The van der Waals surface area contributed by atoms with E-state index in [4.69, 9.17) is 4.74 Å². The predicted octanol–water partition coefficient (Wildman–Crippen LogP) is 5.76. The minimum atomic E-state index is -6.72. The van der Waals surface area contributed by atoms with Gasteiger partial charge in [0.2, 0.25) is 6.08 Å². The van der Waals surface area contributed by atoms with Crippen LogP contribution in [0, 0.1) is 0 Å². The number of nitrogens with one attached hydrogen (secondary N) is 1. The highest BCUT2D eigenvalue weighted by Crippen LogP contribution is 2.36. The highest BCUT2D eigenvalue weighted by Gasteiger charge is 2.46. The van der Waals surface area contributed by atoms with Crippen LogP contribution in [0.3, 0.4) is 0 Å². The number of aliphatic imine (C=N–C) groups is 1. The number of pyridine rings is 1. The Hall–Kier alpha value is -3.54. The number of nitrogens with zero attached hydrogens (tertiary/aromatic N) is 3. The average molecular weight is 663 g/mol. The van der Waals surface area contributed by atoms with E-state index in [1.54, 1.807) is 24.3 Å². The zero-order valence-corrected chi connectivity index (χ0v) is 24.2. The number of carbonyl (C=O) groups excluding carboxylic acids is 2. The topological polar surface area (TPSA) is 154 Å². The number of hydrogen-bond acceptors (Lipinski definition) is 8. The number of aryl methyl sites for hydroxylation is 2. The lowest BCUT2D eigenvalue weighted by molar-refractivity contribution is -0.704. The van der Waals surface area contributed by atoms with Crippen LogP contribution in [-0.2, 0) is 42.5 Å². The maximum absolute atomic E-state index is 11.8. The van der Waals surface area contributed by atoms with E-state index in [9.17, 15) is 52.8 Å². The smallest absolute Gasteiger partial charge is 0.449 e. The van der Waals surface area contributed by atoms with Crippen LogP contribution in [0.1, 0.15) is 44.7 Å². The van der Waals surface area contributed by atoms with Crippen molar-refractivity contribution in [1.82, 2.24) is 0 Å². The largest absolute Gasteiger partial charge is 0.480 e. The van der Waals surface area contributed by atoms with Gasteiger partial charge in [0.1, 0.15) is 6.54 Å². The molecule has 1 aromatic heterocycles. The average Bonchev–Trinajstić information content (AvgIpc) is 2.89. The molecule has 0 bridgehead atoms. The number of benzene rings is 1. The number of unbranched alkanes of at least 4 members (excludes halogenated alkanes) is 3. The molecule has 1 aromatic carbocycles. The molecule has 0 radical (unpaired) electrons. The van der Waals surface area contributed by atoms with Crippen molar-refractivity contribution < 1.29 is 62.1 Å². The van der Waals surface area contributed by atoms with Crippen LogP contribution in [0.5, 0.6) is 0 Å². The summed E-state index contributed by atoms with van der Waals surface area (Å²) in [5, 5.41) is 2.65. The van der Waals surface area contributed by atoms with Crippen molar-refractivity contribution in [3.05, 3.63) is 58.5 Å². The van der Waals surface area contributed by atoms with Gasteiger partial charge in [-0.05, 0) is 49.9 Å².